The van der Waals surface area contributed by atoms with Crippen molar-refractivity contribution in [3.8, 4) is 17.6 Å². The van der Waals surface area contributed by atoms with E-state index >= 15 is 0 Å². The van der Waals surface area contributed by atoms with Gasteiger partial charge in [0.1, 0.15) is 11.6 Å². The predicted octanol–water partition coefficient (Wildman–Crippen LogP) is 5.35. The lowest BCUT2D eigenvalue weighted by molar-refractivity contribution is -0.112. The summed E-state index contributed by atoms with van der Waals surface area (Å²) in [4.78, 5) is 12.7. The largest absolute Gasteiger partial charge is 0.493 e. The van der Waals surface area contributed by atoms with Gasteiger partial charge in [-0.15, -0.1) is 0 Å². The van der Waals surface area contributed by atoms with Crippen LogP contribution in [0.4, 0.5) is 5.69 Å². The van der Waals surface area contributed by atoms with E-state index in [1.807, 2.05) is 39.0 Å². The molecular weight excluding hydrogens is 364 g/mol. The van der Waals surface area contributed by atoms with Gasteiger partial charge in [0.05, 0.1) is 13.7 Å². The highest BCUT2D eigenvalue weighted by Gasteiger charge is 2.14. The standard InChI is InChI=1S/C24H28N2O3/c1-6-7-10-29-21-9-8-19(14-22(21)28-5)13-20(15-25)24(27)26-23-17(3)11-16(2)12-18(23)4/h8-9,11-14H,6-7,10H2,1-5H3,(H,26,27)/b20-13+. The average molecular weight is 392 g/mol. The van der Waals surface area contributed by atoms with Crippen LogP contribution in [0.25, 0.3) is 6.08 Å². The van der Waals surface area contributed by atoms with E-state index in [2.05, 4.69) is 12.2 Å². The van der Waals surface area contributed by atoms with E-state index in [0.717, 1.165) is 35.2 Å². The molecule has 0 saturated heterocycles. The van der Waals surface area contributed by atoms with Crippen LogP contribution in [0.5, 0.6) is 11.5 Å². The minimum atomic E-state index is -0.440. The molecule has 0 aliphatic carbocycles. The lowest BCUT2D eigenvalue weighted by Gasteiger charge is -2.13. The van der Waals surface area contributed by atoms with E-state index in [1.165, 1.54) is 0 Å². The Morgan fingerprint density at radius 2 is 1.83 bits per heavy atom. The van der Waals surface area contributed by atoms with Gasteiger partial charge in [-0.25, -0.2) is 0 Å². The molecule has 0 unspecified atom stereocenters. The van der Waals surface area contributed by atoms with Crippen LogP contribution in [0, 0.1) is 32.1 Å². The van der Waals surface area contributed by atoms with Gasteiger partial charge < -0.3 is 14.8 Å². The first-order valence-corrected chi connectivity index (χ1v) is 9.71. The van der Waals surface area contributed by atoms with Crippen molar-refractivity contribution in [2.24, 2.45) is 0 Å². The smallest absolute Gasteiger partial charge is 0.266 e. The van der Waals surface area contributed by atoms with E-state index in [1.54, 1.807) is 31.4 Å². The molecule has 1 amide bonds. The van der Waals surface area contributed by atoms with Gasteiger partial charge in [-0.05, 0) is 62.1 Å². The van der Waals surface area contributed by atoms with Crippen molar-refractivity contribution < 1.29 is 14.3 Å². The number of hydrogen-bond donors (Lipinski definition) is 1. The number of nitrogens with zero attached hydrogens (tertiary/aromatic N) is 1. The summed E-state index contributed by atoms with van der Waals surface area (Å²) in [5.41, 5.74) is 4.49. The summed E-state index contributed by atoms with van der Waals surface area (Å²) in [5, 5.41) is 12.4. The Morgan fingerprint density at radius 1 is 1.14 bits per heavy atom. The molecule has 2 aromatic rings. The van der Waals surface area contributed by atoms with Crippen molar-refractivity contribution in [2.75, 3.05) is 19.0 Å². The van der Waals surface area contributed by atoms with Gasteiger partial charge in [0.15, 0.2) is 11.5 Å². The maximum Gasteiger partial charge on any atom is 0.266 e. The number of unbranched alkanes of at least 4 members (excludes halogenated alkanes) is 1. The lowest BCUT2D eigenvalue weighted by Crippen LogP contribution is -2.15. The van der Waals surface area contributed by atoms with Gasteiger partial charge >= 0.3 is 0 Å². The molecule has 0 aromatic heterocycles. The Balaban J connectivity index is 2.25. The summed E-state index contributed by atoms with van der Waals surface area (Å²) >= 11 is 0. The van der Waals surface area contributed by atoms with Crippen LogP contribution in [0.2, 0.25) is 0 Å². The van der Waals surface area contributed by atoms with E-state index < -0.39 is 5.91 Å². The predicted molar refractivity (Wildman–Crippen MR) is 116 cm³/mol. The van der Waals surface area contributed by atoms with Crippen LogP contribution < -0.4 is 14.8 Å². The van der Waals surface area contributed by atoms with Gasteiger partial charge in [0, 0.05) is 5.69 Å². The number of carbonyl (C=O) groups is 1. The molecule has 0 fully saturated rings. The Hall–Kier alpha value is -3.26. The van der Waals surface area contributed by atoms with Crippen molar-refractivity contribution in [3.63, 3.8) is 0 Å². The highest BCUT2D eigenvalue weighted by atomic mass is 16.5. The van der Waals surface area contributed by atoms with Crippen LogP contribution in [-0.4, -0.2) is 19.6 Å². The number of nitrogens with one attached hydrogen (secondary N) is 1. The fourth-order valence-electron chi connectivity index (χ4n) is 3.09. The summed E-state index contributed by atoms with van der Waals surface area (Å²) < 4.78 is 11.1. The van der Waals surface area contributed by atoms with Crippen LogP contribution >= 0.6 is 0 Å². The average Bonchev–Trinajstić information content (AvgIpc) is 2.69. The minimum absolute atomic E-state index is 0.0195. The molecule has 29 heavy (non-hydrogen) atoms. The molecule has 0 aliphatic rings. The maximum absolute atomic E-state index is 12.7. The molecule has 2 rings (SSSR count). The second-order valence-corrected chi connectivity index (χ2v) is 7.01. The van der Waals surface area contributed by atoms with Gasteiger partial charge in [0.25, 0.3) is 5.91 Å². The quantitative estimate of drug-likeness (QED) is 0.374. The summed E-state index contributed by atoms with van der Waals surface area (Å²) in [6.07, 6.45) is 3.55. The Morgan fingerprint density at radius 3 is 2.41 bits per heavy atom. The zero-order valence-electron chi connectivity index (χ0n) is 17.8. The third kappa shape index (κ3) is 5.86. The number of ether oxygens (including phenoxy) is 2. The number of benzene rings is 2. The summed E-state index contributed by atoms with van der Waals surface area (Å²) in [6.45, 7) is 8.60. The first kappa shape index (κ1) is 22.0. The number of methoxy groups -OCH3 is 1. The molecule has 0 atom stereocenters. The molecule has 0 saturated carbocycles. The van der Waals surface area contributed by atoms with Crippen LogP contribution in [0.15, 0.2) is 35.9 Å². The SMILES string of the molecule is CCCCOc1ccc(/C=C(\C#N)C(=O)Nc2c(C)cc(C)cc2C)cc1OC. The zero-order chi connectivity index (χ0) is 21.4. The molecule has 0 bridgehead atoms. The van der Waals surface area contributed by atoms with Crippen LogP contribution in [0.3, 0.4) is 0 Å². The van der Waals surface area contributed by atoms with Crippen LogP contribution in [0.1, 0.15) is 42.0 Å². The van der Waals surface area contributed by atoms with E-state index in [4.69, 9.17) is 9.47 Å². The van der Waals surface area contributed by atoms with Gasteiger partial charge in [-0.2, -0.15) is 5.26 Å². The number of nitriles is 1. The zero-order valence-corrected chi connectivity index (χ0v) is 17.8. The monoisotopic (exact) mass is 392 g/mol. The van der Waals surface area contributed by atoms with E-state index in [9.17, 15) is 10.1 Å². The third-order valence-electron chi connectivity index (χ3n) is 4.53. The molecule has 2 aromatic carbocycles. The minimum Gasteiger partial charge on any atom is -0.493 e. The van der Waals surface area contributed by atoms with E-state index in [0.29, 0.717) is 23.7 Å². The molecule has 0 aliphatic heterocycles. The molecule has 0 radical (unpaired) electrons. The summed E-state index contributed by atoms with van der Waals surface area (Å²) in [7, 11) is 1.57. The first-order valence-electron chi connectivity index (χ1n) is 9.71. The van der Waals surface area contributed by atoms with Crippen molar-refractivity contribution in [3.05, 3.63) is 58.2 Å². The topological polar surface area (TPSA) is 71.3 Å². The number of aryl methyl sites for hydroxylation is 3. The molecule has 152 valence electrons. The third-order valence-corrected chi connectivity index (χ3v) is 4.53. The number of carbonyl (C=O) groups excluding carboxylic acids is 1. The molecule has 5 heteroatoms. The van der Waals surface area contributed by atoms with Gasteiger partial charge in [0.2, 0.25) is 0 Å². The van der Waals surface area contributed by atoms with Crippen molar-refractivity contribution in [2.45, 2.75) is 40.5 Å². The fourth-order valence-corrected chi connectivity index (χ4v) is 3.09. The Kier molecular flexibility index (Phi) is 7.85. The number of rotatable bonds is 8. The molecule has 5 nitrogen and oxygen atoms in total. The van der Waals surface area contributed by atoms with Crippen molar-refractivity contribution in [1.29, 1.82) is 5.26 Å². The second-order valence-electron chi connectivity index (χ2n) is 7.01. The normalized spacial score (nSPS) is 11.0. The lowest BCUT2D eigenvalue weighted by atomic mass is 10.0. The van der Waals surface area contributed by atoms with Gasteiger partial charge in [-0.1, -0.05) is 37.1 Å². The molecule has 0 heterocycles. The van der Waals surface area contributed by atoms with Crippen molar-refractivity contribution in [1.82, 2.24) is 0 Å². The highest BCUT2D eigenvalue weighted by Crippen LogP contribution is 2.29. The summed E-state index contributed by atoms with van der Waals surface area (Å²) in [5.74, 6) is 0.773. The first-order chi connectivity index (χ1) is 13.9. The second kappa shape index (κ2) is 10.3. The summed E-state index contributed by atoms with van der Waals surface area (Å²) in [6, 6.07) is 11.3. The Bertz CT molecular complexity index is 932. The molecule has 0 spiro atoms. The molecule has 1 N–H and O–H groups in total. The maximum atomic E-state index is 12.7. The van der Waals surface area contributed by atoms with E-state index in [-0.39, 0.29) is 5.57 Å². The number of hydrogen-bond acceptors (Lipinski definition) is 4. The number of amides is 1. The number of anilines is 1. The highest BCUT2D eigenvalue weighted by molar-refractivity contribution is 6.10. The van der Waals surface area contributed by atoms with Gasteiger partial charge in [-0.3, -0.25) is 4.79 Å². The fraction of sp³-hybridized carbons (Fsp3) is 0.333. The molecular formula is C24H28N2O3. The Labute approximate surface area is 173 Å². The van der Waals surface area contributed by atoms with Crippen LogP contribution in [-0.2, 0) is 4.79 Å². The van der Waals surface area contributed by atoms with Crippen molar-refractivity contribution >= 4 is 17.7 Å².